The van der Waals surface area contributed by atoms with E-state index >= 15 is 0 Å². The lowest BCUT2D eigenvalue weighted by molar-refractivity contribution is -0.150. The summed E-state index contributed by atoms with van der Waals surface area (Å²) in [7, 11) is 1.61. The first kappa shape index (κ1) is 21.6. The molecule has 2 aromatic carbocycles. The molecule has 172 valence electrons. The number of hydrogen-bond donors (Lipinski definition) is 1. The van der Waals surface area contributed by atoms with Crippen molar-refractivity contribution in [3.8, 4) is 5.75 Å². The predicted molar refractivity (Wildman–Crippen MR) is 122 cm³/mol. The molecule has 0 unspecified atom stereocenters. The second-order valence-corrected chi connectivity index (χ2v) is 9.11. The van der Waals surface area contributed by atoms with Crippen molar-refractivity contribution in [2.24, 2.45) is 11.8 Å². The smallest absolute Gasteiger partial charge is 0.244 e. The number of nitrogens with zero attached hydrogens (tertiary/aromatic N) is 2. The largest absolute Gasteiger partial charge is 0.497 e. The highest BCUT2D eigenvalue weighted by Gasteiger charge is 2.68. The van der Waals surface area contributed by atoms with Gasteiger partial charge < -0.3 is 9.64 Å². The third-order valence-electron chi connectivity index (χ3n) is 7.42. The van der Waals surface area contributed by atoms with Gasteiger partial charge in [-0.15, -0.1) is 0 Å². The monoisotopic (exact) mass is 447 g/mol. The van der Waals surface area contributed by atoms with E-state index in [1.54, 1.807) is 7.11 Å². The quantitative estimate of drug-likeness (QED) is 0.713. The summed E-state index contributed by atoms with van der Waals surface area (Å²) in [6.07, 6.45) is 1.32. The van der Waals surface area contributed by atoms with Crippen LogP contribution in [0.15, 0.2) is 54.6 Å². The van der Waals surface area contributed by atoms with Gasteiger partial charge in [0.05, 0.1) is 18.9 Å². The lowest BCUT2D eigenvalue weighted by atomic mass is 9.74. The third-order valence-corrected chi connectivity index (χ3v) is 7.42. The van der Waals surface area contributed by atoms with Crippen molar-refractivity contribution in [1.82, 2.24) is 15.1 Å². The summed E-state index contributed by atoms with van der Waals surface area (Å²) in [5, 5.41) is 3.53. The van der Waals surface area contributed by atoms with Gasteiger partial charge in [-0.2, -0.15) is 0 Å². The van der Waals surface area contributed by atoms with E-state index in [0.717, 1.165) is 23.3 Å². The summed E-state index contributed by atoms with van der Waals surface area (Å²) in [5.74, 6) is -1.07. The van der Waals surface area contributed by atoms with Crippen LogP contribution in [-0.4, -0.2) is 53.3 Å². The molecule has 1 spiro atoms. The number of imide groups is 1. The zero-order valence-corrected chi connectivity index (χ0v) is 19.0. The van der Waals surface area contributed by atoms with Crippen LogP contribution in [-0.2, 0) is 20.9 Å². The van der Waals surface area contributed by atoms with E-state index in [4.69, 9.17) is 4.74 Å². The zero-order valence-electron chi connectivity index (χ0n) is 19.0. The molecule has 3 fully saturated rings. The molecule has 4 atom stereocenters. The number of carbonyl (C=O) groups is 3. The maximum Gasteiger partial charge on any atom is 0.244 e. The number of likely N-dealkylation sites (tertiary alicyclic amines) is 2. The Morgan fingerprint density at radius 3 is 2.42 bits per heavy atom. The average molecular weight is 448 g/mol. The lowest BCUT2D eigenvalue weighted by Gasteiger charge is -2.42. The number of piperidine rings is 1. The number of fused-ring (bicyclic) bond motifs is 2. The Bertz CT molecular complexity index is 1070. The van der Waals surface area contributed by atoms with Crippen molar-refractivity contribution in [3.63, 3.8) is 0 Å². The van der Waals surface area contributed by atoms with Crippen molar-refractivity contribution in [2.75, 3.05) is 20.2 Å². The van der Waals surface area contributed by atoms with E-state index in [0.29, 0.717) is 26.1 Å². The summed E-state index contributed by atoms with van der Waals surface area (Å²) in [6, 6.07) is 17.0. The molecule has 3 heterocycles. The van der Waals surface area contributed by atoms with E-state index in [2.05, 4.69) is 5.32 Å². The maximum atomic E-state index is 14.0. The Labute approximate surface area is 193 Å². The Morgan fingerprint density at radius 1 is 1.03 bits per heavy atom. The van der Waals surface area contributed by atoms with Gasteiger partial charge in [-0.1, -0.05) is 42.5 Å². The van der Waals surface area contributed by atoms with Crippen LogP contribution < -0.4 is 10.1 Å². The molecule has 2 aromatic rings. The molecule has 7 nitrogen and oxygen atoms in total. The lowest BCUT2D eigenvalue weighted by Crippen LogP contribution is -2.63. The Kier molecular flexibility index (Phi) is 5.44. The zero-order chi connectivity index (χ0) is 23.2. The minimum absolute atomic E-state index is 0.0808. The molecule has 3 amide bonds. The highest BCUT2D eigenvalue weighted by atomic mass is 16.5. The first-order valence-electron chi connectivity index (χ1n) is 11.6. The van der Waals surface area contributed by atoms with Gasteiger partial charge in [-0.25, -0.2) is 0 Å². The Balaban J connectivity index is 1.53. The van der Waals surface area contributed by atoms with Crippen molar-refractivity contribution in [1.29, 1.82) is 0 Å². The van der Waals surface area contributed by atoms with Gasteiger partial charge in [0.15, 0.2) is 0 Å². The molecular weight excluding hydrogens is 418 g/mol. The summed E-state index contributed by atoms with van der Waals surface area (Å²) >= 11 is 0. The second kappa shape index (κ2) is 8.30. The van der Waals surface area contributed by atoms with Gasteiger partial charge in [0.25, 0.3) is 0 Å². The number of methoxy groups -OCH3 is 1. The number of hydrogen-bond acceptors (Lipinski definition) is 5. The number of rotatable bonds is 5. The number of benzene rings is 2. The van der Waals surface area contributed by atoms with E-state index in [1.807, 2.05) is 66.4 Å². The summed E-state index contributed by atoms with van der Waals surface area (Å²) in [5.41, 5.74) is 0.863. The molecule has 0 radical (unpaired) electrons. The molecule has 3 saturated heterocycles. The fraction of sp³-hybridized carbons (Fsp3) is 0.423. The van der Waals surface area contributed by atoms with Gasteiger partial charge in [0, 0.05) is 25.7 Å². The molecule has 5 rings (SSSR count). The van der Waals surface area contributed by atoms with Crippen LogP contribution in [0.25, 0.3) is 0 Å². The van der Waals surface area contributed by atoms with Crippen molar-refractivity contribution in [2.45, 2.75) is 37.9 Å². The van der Waals surface area contributed by atoms with E-state index in [1.165, 1.54) is 4.90 Å². The SMILES string of the molecule is CCN1C(=O)[C@H]2[C@@H](c3ccc(OC)cc3)N[C@]3(CCCN(Cc4ccccc4)C3=O)[C@H]2C1=O. The third kappa shape index (κ3) is 3.33. The van der Waals surface area contributed by atoms with Crippen LogP contribution in [0.3, 0.4) is 0 Å². The number of nitrogens with one attached hydrogen (secondary N) is 1. The topological polar surface area (TPSA) is 79.0 Å². The van der Waals surface area contributed by atoms with Gasteiger partial charge in [-0.05, 0) is 43.0 Å². The molecule has 0 saturated carbocycles. The number of carbonyl (C=O) groups excluding carboxylic acids is 3. The molecule has 7 heteroatoms. The van der Waals surface area contributed by atoms with E-state index in [-0.39, 0.29) is 17.7 Å². The Hall–Kier alpha value is -3.19. The molecule has 1 N–H and O–H groups in total. The summed E-state index contributed by atoms with van der Waals surface area (Å²) in [4.78, 5) is 44.0. The van der Waals surface area contributed by atoms with E-state index < -0.39 is 23.4 Å². The van der Waals surface area contributed by atoms with E-state index in [9.17, 15) is 14.4 Å². The summed E-state index contributed by atoms with van der Waals surface area (Å²) in [6.45, 7) is 3.26. The molecule has 0 aliphatic carbocycles. The van der Waals surface area contributed by atoms with Crippen molar-refractivity contribution < 1.29 is 19.1 Å². The molecule has 0 bridgehead atoms. The normalized spacial score (nSPS) is 29.2. The highest BCUT2D eigenvalue weighted by molar-refractivity contribution is 6.10. The molecule has 3 aliphatic rings. The van der Waals surface area contributed by atoms with Crippen LogP contribution in [0.4, 0.5) is 0 Å². The molecule has 3 aliphatic heterocycles. The predicted octanol–water partition coefficient (Wildman–Crippen LogP) is 2.52. The van der Waals surface area contributed by atoms with Gasteiger partial charge in [0.1, 0.15) is 11.3 Å². The standard InChI is InChI=1S/C26H29N3O4/c1-3-29-23(30)20-21(24(29)31)26(27-22(20)18-10-12-19(33-2)13-11-18)14-7-15-28(25(26)32)16-17-8-5-4-6-9-17/h4-6,8-13,20-22,27H,3,7,14-16H2,1-2H3/t20-,21-,22-,26-/m1/s1. The van der Waals surface area contributed by atoms with Gasteiger partial charge in [-0.3, -0.25) is 24.6 Å². The first-order valence-corrected chi connectivity index (χ1v) is 11.6. The number of ether oxygens (including phenoxy) is 1. The van der Waals surface area contributed by atoms with Gasteiger partial charge in [0.2, 0.25) is 17.7 Å². The van der Waals surface area contributed by atoms with Crippen LogP contribution in [0.2, 0.25) is 0 Å². The van der Waals surface area contributed by atoms with Crippen molar-refractivity contribution >= 4 is 17.7 Å². The fourth-order valence-corrected chi connectivity index (χ4v) is 5.89. The van der Waals surface area contributed by atoms with Crippen LogP contribution in [0.1, 0.15) is 36.9 Å². The Morgan fingerprint density at radius 2 is 1.76 bits per heavy atom. The van der Waals surface area contributed by atoms with Crippen LogP contribution in [0, 0.1) is 11.8 Å². The van der Waals surface area contributed by atoms with Gasteiger partial charge >= 0.3 is 0 Å². The molecule has 33 heavy (non-hydrogen) atoms. The second-order valence-electron chi connectivity index (χ2n) is 9.11. The highest BCUT2D eigenvalue weighted by Crippen LogP contribution is 2.52. The fourth-order valence-electron chi connectivity index (χ4n) is 5.89. The maximum absolute atomic E-state index is 14.0. The van der Waals surface area contributed by atoms with Crippen LogP contribution in [0.5, 0.6) is 5.75 Å². The minimum atomic E-state index is -1.07. The number of amides is 3. The summed E-state index contributed by atoms with van der Waals surface area (Å²) < 4.78 is 5.28. The molecule has 0 aromatic heterocycles. The minimum Gasteiger partial charge on any atom is -0.497 e. The first-order chi connectivity index (χ1) is 16.0. The van der Waals surface area contributed by atoms with Crippen LogP contribution >= 0.6 is 0 Å². The molecular formula is C26H29N3O4. The average Bonchev–Trinajstić information content (AvgIpc) is 3.31. The van der Waals surface area contributed by atoms with Crippen molar-refractivity contribution in [3.05, 3.63) is 65.7 Å².